The van der Waals surface area contributed by atoms with E-state index in [1.807, 2.05) is 13.2 Å². The van der Waals surface area contributed by atoms with E-state index in [1.54, 1.807) is 7.11 Å². The molecule has 174 valence electrons. The smallest absolute Gasteiger partial charge is 0.319 e. The second-order valence-electron chi connectivity index (χ2n) is 10.6. The van der Waals surface area contributed by atoms with Crippen molar-refractivity contribution in [1.29, 1.82) is 0 Å². The van der Waals surface area contributed by atoms with Gasteiger partial charge in [0, 0.05) is 20.0 Å². The summed E-state index contributed by atoms with van der Waals surface area (Å²) >= 11 is 0. The number of fused-ring (bicyclic) bond motifs is 1. The van der Waals surface area contributed by atoms with Gasteiger partial charge in [0.1, 0.15) is 5.78 Å². The lowest BCUT2D eigenvalue weighted by atomic mass is 9.65. The van der Waals surface area contributed by atoms with E-state index in [4.69, 9.17) is 13.9 Å². The summed E-state index contributed by atoms with van der Waals surface area (Å²) in [6, 6.07) is 0. The molecular weight excluding hydrogens is 392 g/mol. The van der Waals surface area contributed by atoms with Crippen molar-refractivity contribution < 1.29 is 18.7 Å². The minimum Gasteiger partial charge on any atom is -0.447 e. The Labute approximate surface area is 186 Å². The van der Waals surface area contributed by atoms with Crippen molar-refractivity contribution in [2.75, 3.05) is 7.11 Å². The van der Waals surface area contributed by atoms with Crippen LogP contribution in [0.4, 0.5) is 0 Å². The lowest BCUT2D eigenvalue weighted by Crippen LogP contribution is -2.60. The predicted molar refractivity (Wildman–Crippen MR) is 125 cm³/mol. The fourth-order valence-electron chi connectivity index (χ4n) is 6.33. The van der Waals surface area contributed by atoms with Crippen LogP contribution in [-0.2, 0) is 18.7 Å². The topological polar surface area (TPSA) is 44.8 Å². The monoisotopic (exact) mass is 438 g/mol. The van der Waals surface area contributed by atoms with Gasteiger partial charge in [-0.25, -0.2) is 0 Å². The highest BCUT2D eigenvalue weighted by Crippen LogP contribution is 2.53. The van der Waals surface area contributed by atoms with Gasteiger partial charge in [0.05, 0.1) is 12.2 Å². The van der Waals surface area contributed by atoms with E-state index < -0.39 is 14.3 Å². The number of hydrogen-bond donors (Lipinski definition) is 0. The Balaban J connectivity index is 2.44. The predicted octanol–water partition coefficient (Wildman–Crippen LogP) is 7.06. The van der Waals surface area contributed by atoms with Crippen molar-refractivity contribution in [2.24, 2.45) is 23.7 Å². The van der Waals surface area contributed by atoms with Crippen LogP contribution < -0.4 is 0 Å². The standard InChI is InChI=1S/C25H46O4Si/c1-11-21(26)14-23-19(8)12-13-22-20(9)25(27-10,28-15-24(22)23)29-30(16(2)3,17(4)5)18(6)7/h15-20,22-23H,11-14H2,1-10H3/t19-,20?,22?,23+,25?/m1/s1. The zero-order valence-electron chi connectivity index (χ0n) is 21.1. The van der Waals surface area contributed by atoms with Crippen LogP contribution in [0.25, 0.3) is 0 Å². The summed E-state index contributed by atoms with van der Waals surface area (Å²) in [7, 11) is -0.481. The minimum absolute atomic E-state index is 0.0809. The zero-order valence-corrected chi connectivity index (χ0v) is 22.1. The van der Waals surface area contributed by atoms with Gasteiger partial charge in [0.25, 0.3) is 0 Å². The maximum absolute atomic E-state index is 12.3. The lowest BCUT2D eigenvalue weighted by Gasteiger charge is -2.54. The molecule has 2 aliphatic rings. The first kappa shape index (κ1) is 25.6. The fraction of sp³-hybridized carbons (Fsp3) is 0.880. The lowest BCUT2D eigenvalue weighted by molar-refractivity contribution is -0.357. The normalized spacial score (nSPS) is 32.2. The number of hydrogen-bond acceptors (Lipinski definition) is 4. The van der Waals surface area contributed by atoms with Gasteiger partial charge in [-0.15, -0.1) is 0 Å². The number of methoxy groups -OCH3 is 1. The van der Waals surface area contributed by atoms with E-state index in [0.717, 1.165) is 12.8 Å². The molecule has 0 radical (unpaired) electrons. The summed E-state index contributed by atoms with van der Waals surface area (Å²) in [5.41, 5.74) is 2.65. The summed E-state index contributed by atoms with van der Waals surface area (Å²) in [6.07, 6.45) is 5.38. The van der Waals surface area contributed by atoms with E-state index in [1.165, 1.54) is 5.57 Å². The van der Waals surface area contributed by atoms with Crippen molar-refractivity contribution in [3.05, 3.63) is 11.8 Å². The molecule has 1 aliphatic heterocycles. The van der Waals surface area contributed by atoms with Gasteiger partial charge in [-0.2, -0.15) is 0 Å². The molecule has 1 heterocycles. The van der Waals surface area contributed by atoms with Gasteiger partial charge >= 0.3 is 5.97 Å². The molecule has 3 unspecified atom stereocenters. The molecular formula is C25H46O4Si. The third-order valence-corrected chi connectivity index (χ3v) is 14.2. The highest BCUT2D eigenvalue weighted by molar-refractivity contribution is 6.77. The molecule has 0 amide bonds. The SMILES string of the molecule is CCC(=O)C[C@@H]1C2=COC(OC)(O[Si](C(C)C)(C(C)C)C(C)C)C(C)C2CC[C@H]1C. The van der Waals surface area contributed by atoms with Gasteiger partial charge in [-0.3, -0.25) is 4.79 Å². The number of carbonyl (C=O) groups is 1. The second kappa shape index (κ2) is 9.87. The molecule has 1 saturated carbocycles. The third kappa shape index (κ3) is 4.45. The zero-order chi connectivity index (χ0) is 22.9. The summed E-state index contributed by atoms with van der Waals surface area (Å²) in [5, 5.41) is 0. The Morgan fingerprint density at radius 3 is 2.17 bits per heavy atom. The molecule has 1 fully saturated rings. The molecule has 2 rings (SSSR count). The molecule has 0 spiro atoms. The average Bonchev–Trinajstić information content (AvgIpc) is 2.68. The van der Waals surface area contributed by atoms with Crippen molar-refractivity contribution in [2.45, 2.75) is 111 Å². The Kier molecular flexibility index (Phi) is 8.42. The number of Topliss-reactive ketones (excluding diaryl/α,β-unsaturated/α-hetero) is 1. The maximum atomic E-state index is 12.3. The molecule has 30 heavy (non-hydrogen) atoms. The van der Waals surface area contributed by atoms with Gasteiger partial charge in [0.15, 0.2) is 0 Å². The largest absolute Gasteiger partial charge is 0.447 e. The van der Waals surface area contributed by atoms with Gasteiger partial charge < -0.3 is 13.9 Å². The number of rotatable bonds is 9. The van der Waals surface area contributed by atoms with Crippen LogP contribution in [0.2, 0.25) is 16.6 Å². The second-order valence-corrected chi connectivity index (χ2v) is 16.0. The van der Waals surface area contributed by atoms with E-state index in [-0.39, 0.29) is 11.8 Å². The van der Waals surface area contributed by atoms with E-state index in [0.29, 0.717) is 47.1 Å². The van der Waals surface area contributed by atoms with Crippen molar-refractivity contribution in [3.8, 4) is 0 Å². The van der Waals surface area contributed by atoms with Gasteiger partial charge in [-0.05, 0) is 52.8 Å². The molecule has 5 atom stereocenters. The first-order valence-electron chi connectivity index (χ1n) is 12.1. The van der Waals surface area contributed by atoms with Crippen LogP contribution in [0, 0.1) is 23.7 Å². The van der Waals surface area contributed by atoms with Crippen molar-refractivity contribution >= 4 is 14.1 Å². The Hall–Kier alpha value is -0.653. The number of carbonyl (C=O) groups excluding carboxylic acids is 1. The maximum Gasteiger partial charge on any atom is 0.319 e. The minimum atomic E-state index is -2.20. The van der Waals surface area contributed by atoms with Crippen LogP contribution in [0.1, 0.15) is 88.0 Å². The van der Waals surface area contributed by atoms with Crippen LogP contribution in [0.15, 0.2) is 11.8 Å². The van der Waals surface area contributed by atoms with Gasteiger partial charge in [0.2, 0.25) is 8.32 Å². The number of ketones is 1. The van der Waals surface area contributed by atoms with Crippen molar-refractivity contribution in [1.82, 2.24) is 0 Å². The van der Waals surface area contributed by atoms with Crippen LogP contribution in [0.3, 0.4) is 0 Å². The molecule has 5 heteroatoms. The molecule has 0 saturated heterocycles. The molecule has 4 nitrogen and oxygen atoms in total. The number of ether oxygens (including phenoxy) is 2. The van der Waals surface area contributed by atoms with Crippen molar-refractivity contribution in [3.63, 3.8) is 0 Å². The fourth-order valence-corrected chi connectivity index (χ4v) is 11.8. The summed E-state index contributed by atoms with van der Waals surface area (Å²) in [4.78, 5) is 12.3. The van der Waals surface area contributed by atoms with Crippen LogP contribution in [-0.4, -0.2) is 27.2 Å². The summed E-state index contributed by atoms with van der Waals surface area (Å²) < 4.78 is 19.6. The van der Waals surface area contributed by atoms with Gasteiger partial charge in [-0.1, -0.05) is 62.3 Å². The Morgan fingerprint density at radius 2 is 1.70 bits per heavy atom. The Morgan fingerprint density at radius 1 is 1.13 bits per heavy atom. The molecule has 0 aromatic carbocycles. The first-order chi connectivity index (χ1) is 14.0. The molecule has 0 N–H and O–H groups in total. The summed E-state index contributed by atoms with van der Waals surface area (Å²) in [6.45, 7) is 20.2. The quantitative estimate of drug-likeness (QED) is 0.285. The first-order valence-corrected chi connectivity index (χ1v) is 14.3. The third-order valence-electron chi connectivity index (χ3n) is 8.15. The molecule has 0 aromatic heterocycles. The number of allylic oxidation sites excluding steroid dienone is 1. The van der Waals surface area contributed by atoms with Crippen LogP contribution >= 0.6 is 0 Å². The average molecular weight is 439 g/mol. The van der Waals surface area contributed by atoms with E-state index in [2.05, 4.69) is 55.4 Å². The molecule has 0 bridgehead atoms. The Bertz CT molecular complexity index is 605. The molecule has 0 aromatic rings. The van der Waals surface area contributed by atoms with Crippen LogP contribution in [0.5, 0.6) is 0 Å². The van der Waals surface area contributed by atoms with E-state index >= 15 is 0 Å². The van der Waals surface area contributed by atoms with E-state index in [9.17, 15) is 4.79 Å². The highest BCUT2D eigenvalue weighted by Gasteiger charge is 2.58. The highest BCUT2D eigenvalue weighted by atomic mass is 28.4. The molecule has 1 aliphatic carbocycles. The summed E-state index contributed by atoms with van der Waals surface area (Å²) in [5.74, 6) is 0.492.